The smallest absolute Gasteiger partial charge is 0.337 e. The molecule has 0 saturated heterocycles. The molecule has 96 valence electrons. The maximum Gasteiger partial charge on any atom is 0.337 e. The second-order valence-corrected chi connectivity index (χ2v) is 3.79. The fraction of sp³-hybridized carbons (Fsp3) is 0.250. The lowest BCUT2D eigenvalue weighted by Gasteiger charge is -2.12. The third-order valence-corrected chi connectivity index (χ3v) is 2.14. The van der Waals surface area contributed by atoms with E-state index in [1.54, 1.807) is 6.08 Å². The summed E-state index contributed by atoms with van der Waals surface area (Å²) in [5.41, 5.74) is 0.352. The molecule has 0 aliphatic heterocycles. The lowest BCUT2D eigenvalue weighted by Crippen LogP contribution is -2.35. The van der Waals surface area contributed by atoms with Gasteiger partial charge in [0, 0.05) is 12.2 Å². The molecule has 0 aliphatic rings. The van der Waals surface area contributed by atoms with Crippen LogP contribution in [-0.4, -0.2) is 28.1 Å². The van der Waals surface area contributed by atoms with E-state index in [0.29, 0.717) is 12.1 Å². The van der Waals surface area contributed by atoms with E-state index in [1.807, 2.05) is 6.92 Å². The molecule has 3 N–H and O–H groups in total. The Morgan fingerprint density at radius 3 is 2.89 bits per heavy atom. The predicted molar refractivity (Wildman–Crippen MR) is 67.6 cm³/mol. The highest BCUT2D eigenvalue weighted by Gasteiger charge is 2.08. The van der Waals surface area contributed by atoms with Crippen molar-refractivity contribution in [3.8, 4) is 0 Å². The van der Waals surface area contributed by atoms with Crippen LogP contribution >= 0.6 is 0 Å². The average Bonchev–Trinajstić information content (AvgIpc) is 2.29. The monoisotopic (exact) mass is 249 g/mol. The van der Waals surface area contributed by atoms with Crippen LogP contribution in [0.1, 0.15) is 23.7 Å². The van der Waals surface area contributed by atoms with E-state index in [1.165, 1.54) is 18.5 Å². The average molecular weight is 249 g/mol. The standard InChI is InChI=1S/C12H15N3O3/c1-3-4-8(2)14-12(18)15-10-5-9(11(16)17)6-13-7-10/h3,5-8H,1,4H2,2H3,(H,16,17)(H2,14,15,18). The van der Waals surface area contributed by atoms with Crippen LogP contribution in [0.5, 0.6) is 0 Å². The summed E-state index contributed by atoms with van der Waals surface area (Å²) in [5, 5.41) is 14.0. The number of aromatic nitrogens is 1. The van der Waals surface area contributed by atoms with Gasteiger partial charge in [0.05, 0.1) is 17.4 Å². The number of carboxylic acids is 1. The van der Waals surface area contributed by atoms with Crippen molar-refractivity contribution in [2.75, 3.05) is 5.32 Å². The van der Waals surface area contributed by atoms with Crippen molar-refractivity contribution >= 4 is 17.7 Å². The van der Waals surface area contributed by atoms with E-state index in [0.717, 1.165) is 0 Å². The zero-order chi connectivity index (χ0) is 13.5. The van der Waals surface area contributed by atoms with Gasteiger partial charge >= 0.3 is 12.0 Å². The van der Waals surface area contributed by atoms with Crippen LogP contribution in [0.4, 0.5) is 10.5 Å². The molecule has 2 amide bonds. The predicted octanol–water partition coefficient (Wildman–Crippen LogP) is 1.87. The lowest BCUT2D eigenvalue weighted by atomic mass is 10.2. The first-order valence-corrected chi connectivity index (χ1v) is 5.39. The van der Waals surface area contributed by atoms with Crippen molar-refractivity contribution in [3.63, 3.8) is 0 Å². The molecule has 0 spiro atoms. The molecule has 0 aromatic carbocycles. The number of nitrogens with one attached hydrogen (secondary N) is 2. The van der Waals surface area contributed by atoms with Crippen LogP contribution < -0.4 is 10.6 Å². The van der Waals surface area contributed by atoms with Crippen molar-refractivity contribution < 1.29 is 14.7 Å². The number of aromatic carboxylic acids is 1. The molecular formula is C12H15N3O3. The Morgan fingerprint density at radius 2 is 2.28 bits per heavy atom. The van der Waals surface area contributed by atoms with Gasteiger partial charge in [-0.15, -0.1) is 6.58 Å². The van der Waals surface area contributed by atoms with E-state index in [2.05, 4.69) is 22.2 Å². The molecule has 1 rings (SSSR count). The molecule has 0 bridgehead atoms. The summed E-state index contributed by atoms with van der Waals surface area (Å²) in [7, 11) is 0. The van der Waals surface area contributed by atoms with Crippen molar-refractivity contribution in [3.05, 3.63) is 36.7 Å². The van der Waals surface area contributed by atoms with Crippen molar-refractivity contribution in [1.29, 1.82) is 0 Å². The highest BCUT2D eigenvalue weighted by Crippen LogP contribution is 2.08. The fourth-order valence-corrected chi connectivity index (χ4v) is 1.33. The number of anilines is 1. The third kappa shape index (κ3) is 4.25. The summed E-state index contributed by atoms with van der Waals surface area (Å²) in [6.45, 7) is 5.42. The van der Waals surface area contributed by atoms with Crippen LogP contribution in [0.25, 0.3) is 0 Å². The second kappa shape index (κ2) is 6.39. The number of carboxylic acid groups (broad SMARTS) is 1. The molecule has 1 aromatic heterocycles. The van der Waals surface area contributed by atoms with Gasteiger partial charge in [-0.05, 0) is 19.4 Å². The Balaban J connectivity index is 2.61. The Labute approximate surface area is 105 Å². The first-order chi connectivity index (χ1) is 8.52. The number of hydrogen-bond donors (Lipinski definition) is 3. The minimum absolute atomic E-state index is 0.0203. The first-order valence-electron chi connectivity index (χ1n) is 5.39. The molecule has 18 heavy (non-hydrogen) atoms. The largest absolute Gasteiger partial charge is 0.478 e. The molecule has 0 aliphatic carbocycles. The van der Waals surface area contributed by atoms with Crippen LogP contribution in [0.3, 0.4) is 0 Å². The van der Waals surface area contributed by atoms with E-state index in [9.17, 15) is 9.59 Å². The zero-order valence-corrected chi connectivity index (χ0v) is 10.0. The fourth-order valence-electron chi connectivity index (χ4n) is 1.33. The second-order valence-electron chi connectivity index (χ2n) is 3.79. The van der Waals surface area contributed by atoms with Crippen LogP contribution in [0.2, 0.25) is 0 Å². The maximum absolute atomic E-state index is 11.5. The van der Waals surface area contributed by atoms with Gasteiger partial charge in [0.1, 0.15) is 0 Å². The number of pyridine rings is 1. The van der Waals surface area contributed by atoms with Gasteiger partial charge in [-0.2, -0.15) is 0 Å². The number of nitrogens with zero attached hydrogens (tertiary/aromatic N) is 1. The summed E-state index contributed by atoms with van der Waals surface area (Å²) in [5.74, 6) is -1.09. The number of carbonyl (C=O) groups is 2. The summed E-state index contributed by atoms with van der Waals surface area (Å²) < 4.78 is 0. The minimum atomic E-state index is -1.09. The van der Waals surface area contributed by atoms with E-state index < -0.39 is 12.0 Å². The third-order valence-electron chi connectivity index (χ3n) is 2.14. The molecule has 6 nitrogen and oxygen atoms in total. The van der Waals surface area contributed by atoms with Crippen LogP contribution in [-0.2, 0) is 0 Å². The van der Waals surface area contributed by atoms with Gasteiger partial charge in [-0.3, -0.25) is 4.98 Å². The highest BCUT2D eigenvalue weighted by molar-refractivity contribution is 5.92. The van der Waals surface area contributed by atoms with Crippen molar-refractivity contribution in [2.24, 2.45) is 0 Å². The molecular weight excluding hydrogens is 234 g/mol. The molecule has 0 radical (unpaired) electrons. The summed E-state index contributed by atoms with van der Waals surface area (Å²) >= 11 is 0. The van der Waals surface area contributed by atoms with Crippen LogP contribution in [0, 0.1) is 0 Å². The number of carbonyl (C=O) groups excluding carboxylic acids is 1. The molecule has 1 heterocycles. The number of amides is 2. The molecule has 1 aromatic rings. The summed E-state index contributed by atoms with van der Waals surface area (Å²) in [6, 6.07) is 0.888. The van der Waals surface area contributed by atoms with Crippen LogP contribution in [0.15, 0.2) is 31.1 Å². The summed E-state index contributed by atoms with van der Waals surface area (Å²) in [4.78, 5) is 26.0. The summed E-state index contributed by atoms with van der Waals surface area (Å²) in [6.07, 6.45) is 4.95. The quantitative estimate of drug-likeness (QED) is 0.694. The number of urea groups is 1. The van der Waals surface area contributed by atoms with Crippen molar-refractivity contribution in [2.45, 2.75) is 19.4 Å². The first kappa shape index (κ1) is 13.7. The normalized spacial score (nSPS) is 11.4. The highest BCUT2D eigenvalue weighted by atomic mass is 16.4. The Bertz CT molecular complexity index is 460. The Hall–Kier alpha value is -2.37. The van der Waals surface area contributed by atoms with Gasteiger partial charge in [0.2, 0.25) is 0 Å². The zero-order valence-electron chi connectivity index (χ0n) is 10.0. The topological polar surface area (TPSA) is 91.3 Å². The lowest BCUT2D eigenvalue weighted by molar-refractivity contribution is 0.0696. The number of rotatable bonds is 5. The molecule has 0 fully saturated rings. The van der Waals surface area contributed by atoms with Gasteiger partial charge in [-0.1, -0.05) is 6.08 Å². The molecule has 0 saturated carbocycles. The Kier molecular flexibility index (Phi) is 4.86. The SMILES string of the molecule is C=CCC(C)NC(=O)Nc1cncc(C(=O)O)c1. The van der Waals surface area contributed by atoms with Gasteiger partial charge in [0.15, 0.2) is 0 Å². The van der Waals surface area contributed by atoms with Gasteiger partial charge < -0.3 is 15.7 Å². The Morgan fingerprint density at radius 1 is 1.56 bits per heavy atom. The maximum atomic E-state index is 11.5. The van der Waals surface area contributed by atoms with Gasteiger partial charge in [-0.25, -0.2) is 9.59 Å². The van der Waals surface area contributed by atoms with E-state index in [-0.39, 0.29) is 11.6 Å². The minimum Gasteiger partial charge on any atom is -0.478 e. The molecule has 1 unspecified atom stereocenters. The molecule has 1 atom stereocenters. The van der Waals surface area contributed by atoms with Crippen molar-refractivity contribution in [1.82, 2.24) is 10.3 Å². The number of hydrogen-bond acceptors (Lipinski definition) is 3. The molecule has 6 heteroatoms. The van der Waals surface area contributed by atoms with E-state index >= 15 is 0 Å². The van der Waals surface area contributed by atoms with E-state index in [4.69, 9.17) is 5.11 Å². The van der Waals surface area contributed by atoms with Gasteiger partial charge in [0.25, 0.3) is 0 Å².